The predicted octanol–water partition coefficient (Wildman–Crippen LogP) is 9.71. The Bertz CT molecular complexity index is 798. The van der Waals surface area contributed by atoms with Crippen molar-refractivity contribution >= 4 is 0 Å². The van der Waals surface area contributed by atoms with Gasteiger partial charge in [0.25, 0.3) is 0 Å². The van der Waals surface area contributed by atoms with Crippen LogP contribution in [0.2, 0.25) is 0 Å². The van der Waals surface area contributed by atoms with Gasteiger partial charge in [0.1, 0.15) is 0 Å². The van der Waals surface area contributed by atoms with Gasteiger partial charge in [0.2, 0.25) is 0 Å². The van der Waals surface area contributed by atoms with E-state index in [2.05, 4.69) is 86.6 Å². The van der Waals surface area contributed by atoms with Crippen LogP contribution >= 0.6 is 0 Å². The fourth-order valence-electron chi connectivity index (χ4n) is 4.68. The summed E-state index contributed by atoms with van der Waals surface area (Å²) in [6.45, 7) is 16.7. The molecule has 0 N–H and O–H groups in total. The van der Waals surface area contributed by atoms with Crippen LogP contribution in [0.5, 0.6) is 0 Å². The van der Waals surface area contributed by atoms with Crippen LogP contribution in [0.25, 0.3) is 0 Å². The summed E-state index contributed by atoms with van der Waals surface area (Å²) in [5, 5.41) is 0. The number of fused-ring (bicyclic) bond motifs is 3. The normalized spacial score (nSPS) is 17.3. The van der Waals surface area contributed by atoms with Gasteiger partial charge in [0, 0.05) is 0 Å². The minimum atomic E-state index is 0.861. The van der Waals surface area contributed by atoms with E-state index in [1.165, 1.54) is 60.8 Å². The Labute approximate surface area is 211 Å². The van der Waals surface area contributed by atoms with E-state index in [9.17, 15) is 0 Å². The van der Waals surface area contributed by atoms with E-state index in [1.54, 1.807) is 11.1 Å². The predicted molar refractivity (Wildman–Crippen MR) is 154 cm³/mol. The van der Waals surface area contributed by atoms with Crippen molar-refractivity contribution in [1.82, 2.24) is 0 Å². The molecule has 0 fully saturated rings. The van der Waals surface area contributed by atoms with Crippen molar-refractivity contribution in [3.05, 3.63) is 106 Å². The maximum Gasteiger partial charge on any atom is -0.0235 e. The summed E-state index contributed by atoms with van der Waals surface area (Å²) in [4.78, 5) is 0. The molecule has 0 amide bonds. The molecular weight excluding hydrogens is 408 g/mol. The second kappa shape index (κ2) is 17.1. The molecule has 0 aromatic heterocycles. The largest absolute Gasteiger partial charge is 0.0683 e. The van der Waals surface area contributed by atoms with Gasteiger partial charge in [0.15, 0.2) is 0 Å². The van der Waals surface area contributed by atoms with E-state index in [0.717, 1.165) is 11.8 Å². The third kappa shape index (κ3) is 8.79. The van der Waals surface area contributed by atoms with Crippen molar-refractivity contribution in [2.24, 2.45) is 11.8 Å². The number of hydrogen-bond acceptors (Lipinski definition) is 0. The summed E-state index contributed by atoms with van der Waals surface area (Å²) in [5.74, 6) is 1.72. The summed E-state index contributed by atoms with van der Waals surface area (Å²) in [6.07, 6.45) is 7.30. The molecule has 0 heterocycles. The lowest BCUT2D eigenvalue weighted by atomic mass is 9.78. The van der Waals surface area contributed by atoms with Gasteiger partial charge in [-0.2, -0.15) is 0 Å². The van der Waals surface area contributed by atoms with E-state index >= 15 is 0 Å². The van der Waals surface area contributed by atoms with Crippen molar-refractivity contribution < 1.29 is 0 Å². The summed E-state index contributed by atoms with van der Waals surface area (Å²) in [6, 6.07) is 26.6. The zero-order valence-electron chi connectivity index (χ0n) is 23.3. The van der Waals surface area contributed by atoms with Gasteiger partial charge in [-0.25, -0.2) is 0 Å². The molecule has 0 saturated heterocycles. The van der Waals surface area contributed by atoms with Crippen molar-refractivity contribution in [3.63, 3.8) is 0 Å². The Morgan fingerprint density at radius 2 is 0.588 bits per heavy atom. The lowest BCUT2D eigenvalue weighted by molar-refractivity contribution is 0.361. The van der Waals surface area contributed by atoms with Crippen LogP contribution in [0.4, 0.5) is 0 Å². The van der Waals surface area contributed by atoms with Crippen molar-refractivity contribution in [2.45, 2.75) is 93.9 Å². The molecule has 2 aliphatic carbocycles. The Morgan fingerprint density at radius 1 is 0.382 bits per heavy atom. The average molecular weight is 459 g/mol. The van der Waals surface area contributed by atoms with Gasteiger partial charge in [-0.05, 0) is 83.7 Å². The Balaban J connectivity index is 0.000000286. The molecule has 0 spiro atoms. The van der Waals surface area contributed by atoms with Crippen LogP contribution in [-0.2, 0) is 38.5 Å². The molecule has 34 heavy (non-hydrogen) atoms. The molecule has 0 nitrogen and oxygen atoms in total. The maximum absolute atomic E-state index is 2.36. The van der Waals surface area contributed by atoms with Crippen molar-refractivity contribution in [3.8, 4) is 0 Å². The zero-order valence-corrected chi connectivity index (χ0v) is 23.3. The molecule has 2 aliphatic rings. The van der Waals surface area contributed by atoms with E-state index in [0.29, 0.717) is 0 Å². The number of aryl methyl sites for hydroxylation is 4. The van der Waals surface area contributed by atoms with E-state index in [4.69, 9.17) is 0 Å². The molecule has 0 radical (unpaired) electrons. The SMILES string of the molecule is CC.CC.CC.CC1Cc2ccccc2CC1C.c1ccc2c(c1)CCc1ccccc1CC2. The summed E-state index contributed by atoms with van der Waals surface area (Å²) in [7, 11) is 0. The molecule has 0 saturated carbocycles. The van der Waals surface area contributed by atoms with Gasteiger partial charge < -0.3 is 0 Å². The molecule has 2 atom stereocenters. The van der Waals surface area contributed by atoms with Crippen LogP contribution in [-0.4, -0.2) is 0 Å². The molecule has 0 heteroatoms. The highest BCUT2D eigenvalue weighted by molar-refractivity contribution is 5.35. The Morgan fingerprint density at radius 3 is 0.824 bits per heavy atom. The van der Waals surface area contributed by atoms with Crippen molar-refractivity contribution in [1.29, 1.82) is 0 Å². The van der Waals surface area contributed by atoms with E-state index < -0.39 is 0 Å². The van der Waals surface area contributed by atoms with E-state index in [-0.39, 0.29) is 0 Å². The lowest BCUT2D eigenvalue weighted by Gasteiger charge is -2.27. The first kappa shape index (κ1) is 29.7. The standard InChI is InChI=1S/C16H16.C12H16.3C2H6/c1-2-6-14-11-12-16-8-4-3-7-15(16)10-9-13(14)5-1;1-9-7-11-5-3-4-6-12(11)8-10(9)2;3*1-2/h1-8H,9-12H2;3-6,9-10H,7-8H2,1-2H3;3*1-2H3. The minimum Gasteiger partial charge on any atom is -0.0683 e. The first-order valence-corrected chi connectivity index (χ1v) is 13.9. The van der Waals surface area contributed by atoms with Crippen LogP contribution in [0.3, 0.4) is 0 Å². The molecule has 186 valence electrons. The average Bonchev–Trinajstić information content (AvgIpc) is 2.90. The topological polar surface area (TPSA) is 0 Å². The number of benzene rings is 3. The first-order valence-electron chi connectivity index (χ1n) is 13.9. The highest BCUT2D eigenvalue weighted by atomic mass is 14.3. The highest BCUT2D eigenvalue weighted by Gasteiger charge is 2.20. The fraction of sp³-hybridized carbons (Fsp3) is 0.471. The van der Waals surface area contributed by atoms with Gasteiger partial charge in [-0.1, -0.05) is 128 Å². The third-order valence-electron chi connectivity index (χ3n) is 6.74. The second-order valence-corrected chi connectivity index (χ2v) is 8.67. The van der Waals surface area contributed by atoms with E-state index in [1.807, 2.05) is 41.5 Å². The maximum atomic E-state index is 2.36. The quantitative estimate of drug-likeness (QED) is 0.314. The van der Waals surface area contributed by atoms with Crippen LogP contribution in [0, 0.1) is 11.8 Å². The van der Waals surface area contributed by atoms with Gasteiger partial charge >= 0.3 is 0 Å². The first-order chi connectivity index (χ1) is 16.7. The Hall–Kier alpha value is -2.34. The zero-order chi connectivity index (χ0) is 25.3. The second-order valence-electron chi connectivity index (χ2n) is 8.67. The monoisotopic (exact) mass is 458 g/mol. The van der Waals surface area contributed by atoms with Crippen LogP contribution in [0.1, 0.15) is 88.8 Å². The number of hydrogen-bond donors (Lipinski definition) is 0. The minimum absolute atomic E-state index is 0.861. The van der Waals surface area contributed by atoms with Crippen LogP contribution in [0.15, 0.2) is 72.8 Å². The summed E-state index contributed by atoms with van der Waals surface area (Å²) < 4.78 is 0. The summed E-state index contributed by atoms with van der Waals surface area (Å²) >= 11 is 0. The molecule has 2 unspecified atom stereocenters. The smallest absolute Gasteiger partial charge is 0.0235 e. The molecule has 5 rings (SSSR count). The molecule has 3 aromatic carbocycles. The molecular formula is C34H50. The molecule has 3 aromatic rings. The van der Waals surface area contributed by atoms with Gasteiger partial charge in [0.05, 0.1) is 0 Å². The Kier molecular flexibility index (Phi) is 15.0. The highest BCUT2D eigenvalue weighted by Crippen LogP contribution is 2.29. The fourth-order valence-corrected chi connectivity index (χ4v) is 4.68. The summed E-state index contributed by atoms with van der Waals surface area (Å²) in [5.41, 5.74) is 9.30. The molecule has 0 aliphatic heterocycles. The lowest BCUT2D eigenvalue weighted by Crippen LogP contribution is -2.20. The number of rotatable bonds is 0. The van der Waals surface area contributed by atoms with Gasteiger partial charge in [-0.15, -0.1) is 0 Å². The third-order valence-corrected chi connectivity index (χ3v) is 6.74. The molecule has 0 bridgehead atoms. The van der Waals surface area contributed by atoms with Crippen molar-refractivity contribution in [2.75, 3.05) is 0 Å². The van der Waals surface area contributed by atoms with Gasteiger partial charge in [-0.3, -0.25) is 0 Å². The van der Waals surface area contributed by atoms with Crippen LogP contribution < -0.4 is 0 Å².